The molecule has 4 atom stereocenters. The Morgan fingerprint density at radius 1 is 1.06 bits per heavy atom. The summed E-state index contributed by atoms with van der Waals surface area (Å²) in [4.78, 5) is 13.8. The first-order valence-electron chi connectivity index (χ1n) is 10.5. The lowest BCUT2D eigenvalue weighted by atomic mass is 10.1. The lowest BCUT2D eigenvalue weighted by molar-refractivity contribution is -0.114. The molecule has 1 aliphatic carbocycles. The van der Waals surface area contributed by atoms with Gasteiger partial charge in [-0.05, 0) is 61.7 Å². The van der Waals surface area contributed by atoms with E-state index in [1.54, 1.807) is 18.2 Å². The lowest BCUT2D eigenvalue weighted by Crippen LogP contribution is -2.44. The first kappa shape index (κ1) is 22.2. The molecule has 31 heavy (non-hydrogen) atoms. The number of amides is 1. The number of ether oxygens (including phenoxy) is 2. The van der Waals surface area contributed by atoms with Crippen molar-refractivity contribution in [2.75, 3.05) is 18.4 Å². The Balaban J connectivity index is 1.36. The third-order valence-corrected chi connectivity index (χ3v) is 6.30. The molecule has 8 heteroatoms. The van der Waals surface area contributed by atoms with Crippen LogP contribution < -0.4 is 14.8 Å². The highest BCUT2D eigenvalue weighted by atomic mass is 35.5. The van der Waals surface area contributed by atoms with Gasteiger partial charge in [-0.15, -0.1) is 0 Å². The molecule has 1 heterocycles. The van der Waals surface area contributed by atoms with Crippen LogP contribution in [0.15, 0.2) is 42.5 Å². The summed E-state index contributed by atoms with van der Waals surface area (Å²) in [5.74, 6) is 1.10. The standard InChI is InChI=1S/C23H26Cl2N2O4/c1-14(28)26-19-12-16(25)4-8-21(19)31-22-9-7-20(23(22)29)27-11-10-18(13-27)30-17-5-2-15(24)3-6-17/h2-6,8,12,18,20,22-23,29H,7,9-11,13H2,1H3,(H,26,28)/t18-,20+,22+,23+/m0/s1. The van der Waals surface area contributed by atoms with Gasteiger partial charge in [0.05, 0.1) is 5.69 Å². The van der Waals surface area contributed by atoms with E-state index in [1.807, 2.05) is 24.3 Å². The second-order valence-electron chi connectivity index (χ2n) is 8.09. The Bertz CT molecular complexity index is 924. The van der Waals surface area contributed by atoms with Crippen LogP contribution in [-0.4, -0.2) is 53.4 Å². The van der Waals surface area contributed by atoms with E-state index in [-0.39, 0.29) is 24.2 Å². The number of aliphatic hydroxyl groups excluding tert-OH is 1. The number of anilines is 1. The quantitative estimate of drug-likeness (QED) is 0.663. The van der Waals surface area contributed by atoms with E-state index in [9.17, 15) is 9.90 Å². The summed E-state index contributed by atoms with van der Waals surface area (Å²) in [6.07, 6.45) is 1.57. The van der Waals surface area contributed by atoms with E-state index in [0.29, 0.717) is 21.5 Å². The molecule has 1 amide bonds. The summed E-state index contributed by atoms with van der Waals surface area (Å²) < 4.78 is 12.2. The molecule has 2 aromatic carbocycles. The summed E-state index contributed by atoms with van der Waals surface area (Å²) >= 11 is 12.0. The normalized spacial score (nSPS) is 26.1. The Morgan fingerprint density at radius 3 is 2.55 bits per heavy atom. The SMILES string of the molecule is CC(=O)Nc1cc(Cl)ccc1O[C@@H]1CC[C@@H](N2CC[C@H](Oc3ccc(Cl)cc3)C2)[C@H]1O. The third kappa shape index (κ3) is 5.44. The fraction of sp³-hybridized carbons (Fsp3) is 0.435. The zero-order valence-electron chi connectivity index (χ0n) is 17.3. The van der Waals surface area contributed by atoms with Crippen molar-refractivity contribution in [3.05, 3.63) is 52.5 Å². The van der Waals surface area contributed by atoms with Crippen LogP contribution in [0, 0.1) is 0 Å². The van der Waals surface area contributed by atoms with Gasteiger partial charge in [0.2, 0.25) is 5.91 Å². The molecular weight excluding hydrogens is 439 g/mol. The van der Waals surface area contributed by atoms with E-state index in [0.717, 1.165) is 38.1 Å². The van der Waals surface area contributed by atoms with Crippen LogP contribution >= 0.6 is 23.2 Å². The maximum atomic E-state index is 11.5. The van der Waals surface area contributed by atoms with Gasteiger partial charge < -0.3 is 19.9 Å². The number of hydrogen-bond acceptors (Lipinski definition) is 5. The van der Waals surface area contributed by atoms with E-state index >= 15 is 0 Å². The summed E-state index contributed by atoms with van der Waals surface area (Å²) in [7, 11) is 0. The Labute approximate surface area is 192 Å². The topological polar surface area (TPSA) is 71.0 Å². The molecule has 1 aliphatic heterocycles. The van der Waals surface area contributed by atoms with Crippen molar-refractivity contribution in [2.45, 2.75) is 50.5 Å². The number of carbonyl (C=O) groups is 1. The van der Waals surface area contributed by atoms with Crippen LogP contribution in [0.5, 0.6) is 11.5 Å². The van der Waals surface area contributed by atoms with Gasteiger partial charge in [-0.3, -0.25) is 9.69 Å². The second-order valence-corrected chi connectivity index (χ2v) is 8.96. The zero-order valence-corrected chi connectivity index (χ0v) is 18.8. The summed E-state index contributed by atoms with van der Waals surface area (Å²) in [5, 5.41) is 14.9. The number of nitrogens with one attached hydrogen (secondary N) is 1. The van der Waals surface area contributed by atoms with Gasteiger partial charge in [0.15, 0.2) is 0 Å². The molecule has 1 saturated carbocycles. The average molecular weight is 465 g/mol. The highest BCUT2D eigenvalue weighted by molar-refractivity contribution is 6.31. The summed E-state index contributed by atoms with van der Waals surface area (Å²) in [6, 6.07) is 12.5. The van der Waals surface area contributed by atoms with Crippen LogP contribution in [0.3, 0.4) is 0 Å². The first-order chi connectivity index (χ1) is 14.9. The largest absolute Gasteiger partial charge is 0.489 e. The van der Waals surface area contributed by atoms with Crippen molar-refractivity contribution in [1.82, 2.24) is 4.90 Å². The van der Waals surface area contributed by atoms with Crippen molar-refractivity contribution in [2.24, 2.45) is 0 Å². The van der Waals surface area contributed by atoms with Crippen LogP contribution in [0.4, 0.5) is 5.69 Å². The average Bonchev–Trinajstić information content (AvgIpc) is 3.32. The van der Waals surface area contributed by atoms with E-state index in [1.165, 1.54) is 6.92 Å². The molecule has 0 bridgehead atoms. The number of benzene rings is 2. The Hall–Kier alpha value is -1.99. The molecule has 166 valence electrons. The monoisotopic (exact) mass is 464 g/mol. The highest BCUT2D eigenvalue weighted by Crippen LogP contribution is 2.35. The molecule has 0 unspecified atom stereocenters. The van der Waals surface area contributed by atoms with Gasteiger partial charge in [0.1, 0.15) is 29.8 Å². The van der Waals surface area contributed by atoms with Crippen LogP contribution in [-0.2, 0) is 4.79 Å². The maximum absolute atomic E-state index is 11.5. The Kier molecular flexibility index (Phi) is 6.92. The minimum atomic E-state index is -0.630. The number of aliphatic hydroxyl groups is 1. The van der Waals surface area contributed by atoms with Crippen molar-refractivity contribution < 1.29 is 19.4 Å². The molecular formula is C23H26Cl2N2O4. The molecule has 0 aromatic heterocycles. The Morgan fingerprint density at radius 2 is 1.81 bits per heavy atom. The fourth-order valence-electron chi connectivity index (χ4n) is 4.36. The van der Waals surface area contributed by atoms with Crippen molar-refractivity contribution in [1.29, 1.82) is 0 Å². The second kappa shape index (κ2) is 9.65. The van der Waals surface area contributed by atoms with Gasteiger partial charge >= 0.3 is 0 Å². The maximum Gasteiger partial charge on any atom is 0.221 e. The third-order valence-electron chi connectivity index (χ3n) is 5.81. The molecule has 2 N–H and O–H groups in total. The predicted octanol–water partition coefficient (Wildman–Crippen LogP) is 4.38. The number of halogens is 2. The van der Waals surface area contributed by atoms with Gasteiger partial charge in [-0.2, -0.15) is 0 Å². The summed E-state index contributed by atoms with van der Waals surface area (Å²) in [5.41, 5.74) is 0.508. The first-order valence-corrected chi connectivity index (χ1v) is 11.2. The van der Waals surface area contributed by atoms with Gasteiger partial charge in [0.25, 0.3) is 0 Å². The fourth-order valence-corrected chi connectivity index (χ4v) is 4.66. The lowest BCUT2D eigenvalue weighted by Gasteiger charge is -2.28. The highest BCUT2D eigenvalue weighted by Gasteiger charge is 2.42. The number of hydrogen-bond donors (Lipinski definition) is 2. The van der Waals surface area contributed by atoms with Crippen LogP contribution in [0.1, 0.15) is 26.2 Å². The van der Waals surface area contributed by atoms with Crippen LogP contribution in [0.25, 0.3) is 0 Å². The van der Waals surface area contributed by atoms with E-state index < -0.39 is 6.10 Å². The molecule has 1 saturated heterocycles. The molecule has 4 rings (SSSR count). The van der Waals surface area contributed by atoms with Crippen LogP contribution in [0.2, 0.25) is 10.0 Å². The minimum absolute atomic E-state index is 0.0142. The van der Waals surface area contributed by atoms with Crippen molar-refractivity contribution in [3.8, 4) is 11.5 Å². The van der Waals surface area contributed by atoms with Crippen molar-refractivity contribution >= 4 is 34.8 Å². The van der Waals surface area contributed by atoms with Gasteiger partial charge in [-0.1, -0.05) is 23.2 Å². The molecule has 0 radical (unpaired) electrons. The van der Waals surface area contributed by atoms with Crippen molar-refractivity contribution in [3.63, 3.8) is 0 Å². The smallest absolute Gasteiger partial charge is 0.221 e. The minimum Gasteiger partial charge on any atom is -0.489 e. The molecule has 2 fully saturated rings. The predicted molar refractivity (Wildman–Crippen MR) is 121 cm³/mol. The van der Waals surface area contributed by atoms with E-state index in [4.69, 9.17) is 32.7 Å². The zero-order chi connectivity index (χ0) is 22.0. The van der Waals surface area contributed by atoms with Gasteiger partial charge in [0, 0.05) is 36.1 Å². The van der Waals surface area contributed by atoms with E-state index in [2.05, 4.69) is 10.2 Å². The number of likely N-dealkylation sites (tertiary alicyclic amines) is 1. The molecule has 0 spiro atoms. The molecule has 2 aromatic rings. The number of nitrogens with zero attached hydrogens (tertiary/aromatic N) is 1. The molecule has 2 aliphatic rings. The number of rotatable bonds is 6. The van der Waals surface area contributed by atoms with Gasteiger partial charge in [-0.25, -0.2) is 0 Å². The number of carbonyl (C=O) groups excluding carboxylic acids is 1. The molecule has 6 nitrogen and oxygen atoms in total. The summed E-state index contributed by atoms with van der Waals surface area (Å²) in [6.45, 7) is 3.06.